The van der Waals surface area contributed by atoms with Crippen LogP contribution in [0.2, 0.25) is 0 Å². The largest absolute Gasteiger partial charge is 0.457 e. The molecule has 6 heteroatoms. The van der Waals surface area contributed by atoms with Crippen LogP contribution in [0.25, 0.3) is 0 Å². The Bertz CT molecular complexity index is 1060. The number of hydrogen-bond donors (Lipinski definition) is 0. The van der Waals surface area contributed by atoms with Crippen LogP contribution < -0.4 is 4.74 Å². The van der Waals surface area contributed by atoms with E-state index in [9.17, 15) is 9.59 Å². The molecule has 1 unspecified atom stereocenters. The van der Waals surface area contributed by atoms with Crippen molar-refractivity contribution in [1.82, 2.24) is 14.7 Å². The van der Waals surface area contributed by atoms with E-state index < -0.39 is 0 Å². The number of ether oxygens (including phenoxy) is 1. The predicted molar refractivity (Wildman–Crippen MR) is 118 cm³/mol. The van der Waals surface area contributed by atoms with Crippen LogP contribution in [0.15, 0.2) is 60.7 Å². The van der Waals surface area contributed by atoms with E-state index in [0.29, 0.717) is 24.4 Å². The number of para-hydroxylation sites is 1. The molecule has 1 aromatic heterocycles. The summed E-state index contributed by atoms with van der Waals surface area (Å²) in [6.45, 7) is 5.22. The second-order valence-corrected chi connectivity index (χ2v) is 8.07. The van der Waals surface area contributed by atoms with Crippen molar-refractivity contribution in [3.8, 4) is 11.5 Å². The van der Waals surface area contributed by atoms with Gasteiger partial charge < -0.3 is 9.64 Å². The Hall–Kier alpha value is -3.41. The van der Waals surface area contributed by atoms with E-state index in [1.54, 1.807) is 21.7 Å². The number of piperidine rings is 1. The number of ketones is 1. The molecule has 0 N–H and O–H groups in total. The molecular weight excluding hydrogens is 390 g/mol. The minimum Gasteiger partial charge on any atom is -0.457 e. The molecule has 0 bridgehead atoms. The lowest BCUT2D eigenvalue weighted by Crippen LogP contribution is -2.43. The van der Waals surface area contributed by atoms with Crippen molar-refractivity contribution in [2.24, 2.45) is 5.92 Å². The highest BCUT2D eigenvalue weighted by molar-refractivity contribution is 5.98. The Morgan fingerprint density at radius 3 is 2.42 bits per heavy atom. The highest BCUT2D eigenvalue weighted by Crippen LogP contribution is 2.25. The fraction of sp³-hybridized carbons (Fsp3) is 0.320. The van der Waals surface area contributed by atoms with Crippen molar-refractivity contribution >= 4 is 11.7 Å². The number of benzene rings is 2. The number of nitrogens with zero attached hydrogens (tertiary/aromatic N) is 3. The Labute approximate surface area is 182 Å². The first-order valence-electron chi connectivity index (χ1n) is 10.7. The Morgan fingerprint density at radius 2 is 1.74 bits per heavy atom. The Morgan fingerprint density at radius 1 is 1.03 bits per heavy atom. The van der Waals surface area contributed by atoms with Gasteiger partial charge in [-0.1, -0.05) is 18.2 Å². The van der Waals surface area contributed by atoms with Crippen molar-refractivity contribution < 1.29 is 14.3 Å². The summed E-state index contributed by atoms with van der Waals surface area (Å²) in [6, 6.07) is 18.7. The van der Waals surface area contributed by atoms with Crippen LogP contribution in [0, 0.1) is 19.8 Å². The number of aromatic nitrogens is 2. The van der Waals surface area contributed by atoms with Gasteiger partial charge in [-0.15, -0.1) is 0 Å². The van der Waals surface area contributed by atoms with E-state index in [4.69, 9.17) is 4.74 Å². The van der Waals surface area contributed by atoms with E-state index in [2.05, 4.69) is 5.10 Å². The molecule has 0 saturated carbocycles. The summed E-state index contributed by atoms with van der Waals surface area (Å²) < 4.78 is 7.53. The van der Waals surface area contributed by atoms with Crippen molar-refractivity contribution in [2.75, 3.05) is 13.1 Å². The van der Waals surface area contributed by atoms with Crippen molar-refractivity contribution in [3.63, 3.8) is 0 Å². The van der Waals surface area contributed by atoms with Crippen molar-refractivity contribution in [1.29, 1.82) is 0 Å². The molecule has 160 valence electrons. The van der Waals surface area contributed by atoms with Crippen molar-refractivity contribution in [3.05, 3.63) is 77.6 Å². The van der Waals surface area contributed by atoms with Gasteiger partial charge in [0.25, 0.3) is 0 Å². The molecule has 1 atom stereocenters. The van der Waals surface area contributed by atoms with Crippen LogP contribution in [-0.2, 0) is 11.3 Å². The summed E-state index contributed by atoms with van der Waals surface area (Å²) in [5.74, 6) is 1.35. The van der Waals surface area contributed by atoms with E-state index in [1.807, 2.05) is 62.4 Å². The third-order valence-electron chi connectivity index (χ3n) is 5.65. The second-order valence-electron chi connectivity index (χ2n) is 8.07. The van der Waals surface area contributed by atoms with Crippen LogP contribution in [0.5, 0.6) is 11.5 Å². The molecule has 0 aliphatic carbocycles. The summed E-state index contributed by atoms with van der Waals surface area (Å²) in [5.41, 5.74) is 2.52. The molecule has 2 aromatic carbocycles. The average Bonchev–Trinajstić information content (AvgIpc) is 3.11. The summed E-state index contributed by atoms with van der Waals surface area (Å²) in [4.78, 5) is 27.6. The number of carbonyl (C=O) groups excluding carboxylic acids is 2. The number of carbonyl (C=O) groups is 2. The number of likely N-dealkylation sites (tertiary alicyclic amines) is 1. The lowest BCUT2D eigenvalue weighted by Gasteiger charge is -2.32. The van der Waals surface area contributed by atoms with Gasteiger partial charge in [-0.05, 0) is 69.2 Å². The maximum Gasteiger partial charge on any atom is 0.244 e. The van der Waals surface area contributed by atoms with Gasteiger partial charge >= 0.3 is 0 Å². The van der Waals surface area contributed by atoms with Crippen LogP contribution in [0.4, 0.5) is 0 Å². The quantitative estimate of drug-likeness (QED) is 0.557. The number of rotatable bonds is 6. The van der Waals surface area contributed by atoms with Gasteiger partial charge in [-0.25, -0.2) is 0 Å². The van der Waals surface area contributed by atoms with E-state index in [-0.39, 0.29) is 24.2 Å². The van der Waals surface area contributed by atoms with Gasteiger partial charge in [0.1, 0.15) is 18.0 Å². The zero-order valence-corrected chi connectivity index (χ0v) is 18.0. The first-order valence-corrected chi connectivity index (χ1v) is 10.7. The van der Waals surface area contributed by atoms with Gasteiger partial charge in [0.15, 0.2) is 5.78 Å². The Balaban J connectivity index is 1.38. The second kappa shape index (κ2) is 9.16. The van der Waals surface area contributed by atoms with E-state index in [1.165, 1.54) is 0 Å². The van der Waals surface area contributed by atoms with Gasteiger partial charge in [0.2, 0.25) is 5.91 Å². The van der Waals surface area contributed by atoms with Gasteiger partial charge in [-0.3, -0.25) is 14.3 Å². The number of amides is 1. The zero-order valence-electron chi connectivity index (χ0n) is 18.0. The molecule has 0 radical (unpaired) electrons. The zero-order chi connectivity index (χ0) is 21.8. The molecule has 1 aliphatic rings. The molecule has 6 nitrogen and oxygen atoms in total. The minimum atomic E-state index is -0.181. The highest BCUT2D eigenvalue weighted by Gasteiger charge is 2.29. The minimum absolute atomic E-state index is 0.00955. The molecule has 1 saturated heterocycles. The molecule has 1 fully saturated rings. The molecule has 31 heavy (non-hydrogen) atoms. The molecular formula is C25H27N3O3. The molecule has 3 aromatic rings. The monoisotopic (exact) mass is 417 g/mol. The molecule has 1 amide bonds. The summed E-state index contributed by atoms with van der Waals surface area (Å²) in [7, 11) is 0. The molecule has 2 heterocycles. The summed E-state index contributed by atoms with van der Waals surface area (Å²) >= 11 is 0. The maximum atomic E-state index is 13.1. The van der Waals surface area contributed by atoms with Crippen LogP contribution in [-0.4, -0.2) is 39.5 Å². The van der Waals surface area contributed by atoms with Crippen molar-refractivity contribution in [2.45, 2.75) is 33.2 Å². The SMILES string of the molecule is Cc1cc(C)n(CC(=O)N2CCCC(C(=O)c3ccc(Oc4ccccc4)cc3)C2)n1. The summed E-state index contributed by atoms with van der Waals surface area (Å²) in [6.07, 6.45) is 1.62. The van der Waals surface area contributed by atoms with E-state index in [0.717, 1.165) is 30.0 Å². The molecule has 0 spiro atoms. The summed E-state index contributed by atoms with van der Waals surface area (Å²) in [5, 5.41) is 4.38. The van der Waals surface area contributed by atoms with Gasteiger partial charge in [-0.2, -0.15) is 5.10 Å². The first-order chi connectivity index (χ1) is 15.0. The number of aryl methyl sites for hydroxylation is 2. The fourth-order valence-corrected chi connectivity index (χ4v) is 4.03. The maximum absolute atomic E-state index is 13.1. The number of hydrogen-bond acceptors (Lipinski definition) is 4. The highest BCUT2D eigenvalue weighted by atomic mass is 16.5. The Kier molecular flexibility index (Phi) is 6.16. The standard InChI is InChI=1S/C25H27N3O3/c1-18-15-19(2)28(26-18)17-24(29)27-14-6-7-21(16-27)25(30)20-10-12-23(13-11-20)31-22-8-4-3-5-9-22/h3-5,8-13,15,21H,6-7,14,16-17H2,1-2H3. The lowest BCUT2D eigenvalue weighted by molar-refractivity contribution is -0.133. The predicted octanol–water partition coefficient (Wildman–Crippen LogP) is 4.41. The van der Waals surface area contributed by atoms with Gasteiger partial charge in [0, 0.05) is 30.3 Å². The third kappa shape index (κ3) is 5.02. The van der Waals surface area contributed by atoms with E-state index >= 15 is 0 Å². The topological polar surface area (TPSA) is 64.4 Å². The average molecular weight is 418 g/mol. The normalized spacial score (nSPS) is 16.2. The smallest absolute Gasteiger partial charge is 0.244 e. The van der Waals surface area contributed by atoms with Crippen LogP contribution in [0.1, 0.15) is 34.6 Å². The molecule has 4 rings (SSSR count). The van der Waals surface area contributed by atoms with Gasteiger partial charge in [0.05, 0.1) is 5.69 Å². The van der Waals surface area contributed by atoms with Crippen LogP contribution >= 0.6 is 0 Å². The lowest BCUT2D eigenvalue weighted by atomic mass is 9.90. The fourth-order valence-electron chi connectivity index (χ4n) is 4.03. The third-order valence-corrected chi connectivity index (χ3v) is 5.65. The molecule has 1 aliphatic heterocycles. The van der Waals surface area contributed by atoms with Crippen LogP contribution in [0.3, 0.4) is 0 Å². The number of Topliss-reactive ketones (excluding diaryl/α,β-unsaturated/α-hetero) is 1. The first kappa shape index (κ1) is 20.8.